The van der Waals surface area contributed by atoms with Crippen molar-refractivity contribution in [2.24, 2.45) is 0 Å². The summed E-state index contributed by atoms with van der Waals surface area (Å²) in [6.45, 7) is 4.35. The Morgan fingerprint density at radius 1 is 1.11 bits per heavy atom. The van der Waals surface area contributed by atoms with Gasteiger partial charge >= 0.3 is 6.18 Å². The smallest absolute Gasteiger partial charge is 0.445 e. The predicted molar refractivity (Wildman–Crippen MR) is 126 cm³/mol. The van der Waals surface area contributed by atoms with E-state index in [1.807, 2.05) is 36.4 Å². The van der Waals surface area contributed by atoms with Gasteiger partial charge in [0.2, 0.25) is 10.1 Å². The fourth-order valence-corrected chi connectivity index (χ4v) is 3.80. The van der Waals surface area contributed by atoms with Crippen LogP contribution in [0.4, 0.5) is 18.3 Å². The van der Waals surface area contributed by atoms with Crippen LogP contribution in [0.15, 0.2) is 55.1 Å². The zero-order chi connectivity index (χ0) is 25.3. The Hall–Kier alpha value is -3.78. The first-order chi connectivity index (χ1) is 16.8. The van der Waals surface area contributed by atoms with Gasteiger partial charge in [-0.1, -0.05) is 41.7 Å². The molecule has 3 rings (SSSR count). The van der Waals surface area contributed by atoms with E-state index in [4.69, 9.17) is 14.2 Å². The number of anilines is 1. The molecule has 2 aromatic carbocycles. The van der Waals surface area contributed by atoms with Crippen LogP contribution in [0.5, 0.6) is 17.2 Å². The van der Waals surface area contributed by atoms with Gasteiger partial charge < -0.3 is 19.5 Å². The third-order valence-corrected chi connectivity index (χ3v) is 5.62. The van der Waals surface area contributed by atoms with Gasteiger partial charge in [0, 0.05) is 6.42 Å². The Bertz CT molecular complexity index is 1180. The number of aromatic nitrogens is 2. The molecule has 184 valence electrons. The van der Waals surface area contributed by atoms with Crippen molar-refractivity contribution in [2.45, 2.75) is 25.1 Å². The second-order valence-corrected chi connectivity index (χ2v) is 8.20. The number of methoxy groups -OCH3 is 1. The number of rotatable bonds is 12. The number of allylic oxidation sites excluding steroid dienone is 1. The minimum Gasteiger partial charge on any atom is -0.493 e. The number of hydrogen-bond acceptors (Lipinski definition) is 8. The summed E-state index contributed by atoms with van der Waals surface area (Å²) >= 11 is 0.346. The number of ether oxygens (including phenoxy) is 3. The molecule has 0 radical (unpaired) electrons. The summed E-state index contributed by atoms with van der Waals surface area (Å²) in [5.74, 6) is 1.73. The van der Waals surface area contributed by atoms with E-state index in [-0.39, 0.29) is 18.2 Å². The van der Waals surface area contributed by atoms with Crippen molar-refractivity contribution in [1.82, 2.24) is 10.2 Å². The van der Waals surface area contributed by atoms with Crippen molar-refractivity contribution in [3.05, 3.63) is 71.3 Å². The van der Waals surface area contributed by atoms with Crippen LogP contribution < -0.4 is 19.5 Å². The van der Waals surface area contributed by atoms with Gasteiger partial charge in [-0.05, 0) is 35.7 Å². The molecule has 0 aliphatic carbocycles. The summed E-state index contributed by atoms with van der Waals surface area (Å²) in [5.41, 5.74) is 1.76. The highest BCUT2D eigenvalue weighted by Gasteiger charge is 2.35. The molecule has 1 aromatic heterocycles. The van der Waals surface area contributed by atoms with Gasteiger partial charge in [-0.3, -0.25) is 0 Å². The number of halogens is 3. The van der Waals surface area contributed by atoms with Crippen LogP contribution in [0.2, 0.25) is 0 Å². The molecule has 0 amide bonds. The van der Waals surface area contributed by atoms with E-state index in [1.54, 1.807) is 18.2 Å². The largest absolute Gasteiger partial charge is 0.493 e. The molecule has 11 heteroatoms. The van der Waals surface area contributed by atoms with Gasteiger partial charge in [0.1, 0.15) is 25.0 Å². The molecular formula is C24H23F3N4O3S. The molecule has 0 saturated carbocycles. The lowest BCUT2D eigenvalue weighted by Gasteiger charge is -2.15. The minimum atomic E-state index is -4.58. The van der Waals surface area contributed by atoms with E-state index >= 15 is 0 Å². The molecule has 0 fully saturated rings. The Kier molecular flexibility index (Phi) is 8.92. The average molecular weight is 505 g/mol. The molecule has 0 unspecified atom stereocenters. The summed E-state index contributed by atoms with van der Waals surface area (Å²) in [4.78, 5) is 0. The van der Waals surface area contributed by atoms with Crippen molar-refractivity contribution in [1.29, 1.82) is 5.26 Å². The standard InChI is InChI=1S/C24H23F3N4O3S/c1-3-6-17-7-4-5-8-19(17)33-11-12-34-20-10-9-16(14-21(20)32-2)13-18(15-28)29-23-31-30-22(35-23)24(25,26)27/h3-5,7-10,14,18H,1,6,11-13H2,2H3,(H,29,31)/t18-/m1/s1. The van der Waals surface area contributed by atoms with Gasteiger partial charge in [-0.2, -0.15) is 18.4 Å². The summed E-state index contributed by atoms with van der Waals surface area (Å²) in [7, 11) is 1.49. The van der Waals surface area contributed by atoms with Crippen molar-refractivity contribution in [3.63, 3.8) is 0 Å². The predicted octanol–water partition coefficient (Wildman–Crippen LogP) is 5.30. The monoisotopic (exact) mass is 504 g/mol. The Balaban J connectivity index is 1.57. The van der Waals surface area contributed by atoms with Gasteiger partial charge in [0.15, 0.2) is 11.5 Å². The molecule has 0 bridgehead atoms. The fraction of sp³-hybridized carbons (Fsp3) is 0.292. The van der Waals surface area contributed by atoms with E-state index in [2.05, 4.69) is 22.1 Å². The van der Waals surface area contributed by atoms with Gasteiger partial charge in [-0.25, -0.2) is 0 Å². The zero-order valence-corrected chi connectivity index (χ0v) is 19.7. The Morgan fingerprint density at radius 2 is 1.86 bits per heavy atom. The molecule has 7 nitrogen and oxygen atoms in total. The zero-order valence-electron chi connectivity index (χ0n) is 18.8. The van der Waals surface area contributed by atoms with Crippen LogP contribution in [-0.4, -0.2) is 36.6 Å². The second-order valence-electron chi connectivity index (χ2n) is 7.22. The lowest BCUT2D eigenvalue weighted by molar-refractivity contribution is -0.138. The van der Waals surface area contributed by atoms with E-state index < -0.39 is 17.2 Å². The Morgan fingerprint density at radius 3 is 2.51 bits per heavy atom. The first-order valence-corrected chi connectivity index (χ1v) is 11.3. The van der Waals surface area contributed by atoms with Crippen LogP contribution in [0, 0.1) is 11.3 Å². The maximum absolute atomic E-state index is 12.7. The minimum absolute atomic E-state index is 0.0783. The summed E-state index contributed by atoms with van der Waals surface area (Å²) in [6.07, 6.45) is -1.86. The first-order valence-electron chi connectivity index (χ1n) is 10.5. The molecule has 0 aliphatic heterocycles. The van der Waals surface area contributed by atoms with Crippen LogP contribution in [0.1, 0.15) is 16.1 Å². The molecule has 3 aromatic rings. The van der Waals surface area contributed by atoms with Gasteiger partial charge in [0.05, 0.1) is 13.2 Å². The van der Waals surface area contributed by atoms with E-state index in [1.165, 1.54) is 7.11 Å². The van der Waals surface area contributed by atoms with E-state index in [9.17, 15) is 18.4 Å². The highest BCUT2D eigenvalue weighted by Crippen LogP contribution is 2.33. The number of para-hydroxylation sites is 1. The highest BCUT2D eigenvalue weighted by atomic mass is 32.1. The van der Waals surface area contributed by atoms with Crippen molar-refractivity contribution in [3.8, 4) is 23.3 Å². The van der Waals surface area contributed by atoms with Gasteiger partial charge in [0.25, 0.3) is 0 Å². The van der Waals surface area contributed by atoms with E-state index in [0.29, 0.717) is 35.9 Å². The maximum atomic E-state index is 12.7. The average Bonchev–Trinajstić information content (AvgIpc) is 3.32. The molecule has 35 heavy (non-hydrogen) atoms. The number of alkyl halides is 3. The van der Waals surface area contributed by atoms with Crippen molar-refractivity contribution in [2.75, 3.05) is 25.6 Å². The lowest BCUT2D eigenvalue weighted by Crippen LogP contribution is -2.20. The second kappa shape index (κ2) is 12.1. The Labute approximate surface area is 204 Å². The molecule has 1 N–H and O–H groups in total. The molecular weight excluding hydrogens is 481 g/mol. The van der Waals surface area contributed by atoms with Crippen LogP contribution >= 0.6 is 11.3 Å². The van der Waals surface area contributed by atoms with Crippen molar-refractivity contribution >= 4 is 16.5 Å². The fourth-order valence-electron chi connectivity index (χ4n) is 3.14. The number of nitriles is 1. The number of benzene rings is 2. The third kappa shape index (κ3) is 7.35. The molecule has 0 spiro atoms. The third-order valence-electron chi connectivity index (χ3n) is 4.72. The summed E-state index contributed by atoms with van der Waals surface area (Å²) in [5, 5.41) is 17.5. The summed E-state index contributed by atoms with van der Waals surface area (Å²) < 4.78 is 55.1. The number of hydrogen-bond donors (Lipinski definition) is 1. The van der Waals surface area contributed by atoms with Crippen LogP contribution in [-0.2, 0) is 19.0 Å². The first kappa shape index (κ1) is 25.8. The normalized spacial score (nSPS) is 11.9. The maximum Gasteiger partial charge on any atom is 0.445 e. The van der Waals surface area contributed by atoms with Crippen LogP contribution in [0.3, 0.4) is 0 Å². The molecule has 0 aliphatic rings. The number of nitrogens with zero attached hydrogens (tertiary/aromatic N) is 3. The number of nitrogens with one attached hydrogen (secondary N) is 1. The van der Waals surface area contributed by atoms with E-state index in [0.717, 1.165) is 16.9 Å². The lowest BCUT2D eigenvalue weighted by atomic mass is 10.1. The SMILES string of the molecule is C=CCc1ccccc1OCCOc1ccc(C[C@H](C#N)Nc2nnc(C(F)(F)F)s2)cc1OC. The molecule has 0 saturated heterocycles. The van der Waals surface area contributed by atoms with Crippen molar-refractivity contribution < 1.29 is 27.4 Å². The highest BCUT2D eigenvalue weighted by molar-refractivity contribution is 7.15. The van der Waals surface area contributed by atoms with Crippen LogP contribution in [0.25, 0.3) is 0 Å². The topological polar surface area (TPSA) is 89.3 Å². The quantitative estimate of drug-likeness (QED) is 0.265. The molecule has 1 heterocycles. The summed E-state index contributed by atoms with van der Waals surface area (Å²) in [6, 6.07) is 14.1. The van der Waals surface area contributed by atoms with Gasteiger partial charge in [-0.15, -0.1) is 16.8 Å². The molecule has 1 atom stereocenters.